The van der Waals surface area contributed by atoms with Crippen molar-refractivity contribution >= 4 is 68.5 Å². The van der Waals surface area contributed by atoms with Gasteiger partial charge in [-0.2, -0.15) is 0 Å². The lowest BCUT2D eigenvalue weighted by Gasteiger charge is -2.00. The molecule has 0 saturated carbocycles. The van der Waals surface area contributed by atoms with Crippen LogP contribution in [0.5, 0.6) is 0 Å². The summed E-state index contributed by atoms with van der Waals surface area (Å²) in [4.78, 5) is 19.3. The summed E-state index contributed by atoms with van der Waals surface area (Å²) in [5.41, 5.74) is 1.49. The number of H-pyrrole nitrogens is 1. The first-order valence-electron chi connectivity index (χ1n) is 7.05. The number of halogens is 1. The normalized spacial score (nSPS) is 11.2. The Morgan fingerprint density at radius 1 is 1.28 bits per heavy atom. The van der Waals surface area contributed by atoms with Crippen LogP contribution in [0.2, 0.25) is 5.02 Å². The van der Waals surface area contributed by atoms with Gasteiger partial charge in [0.25, 0.3) is 5.56 Å². The summed E-state index contributed by atoms with van der Waals surface area (Å²) in [6.07, 6.45) is 0. The van der Waals surface area contributed by atoms with E-state index >= 15 is 0 Å². The Balaban J connectivity index is 1.57. The van der Waals surface area contributed by atoms with Gasteiger partial charge in [-0.3, -0.25) is 4.79 Å². The van der Waals surface area contributed by atoms with Crippen LogP contribution in [0.4, 0.5) is 0 Å². The highest BCUT2D eigenvalue weighted by molar-refractivity contribution is 8.00. The fourth-order valence-corrected chi connectivity index (χ4v) is 5.27. The van der Waals surface area contributed by atoms with Crippen molar-refractivity contribution in [2.45, 2.75) is 10.1 Å². The standard InChI is InChI=1S/C15H9ClN4OS4/c16-8-1-3-9(4-2-8)20-15(22)25-14(19-20)24-7-11-17-10-5-6-23-12(10)13(21)18-11/h1-6H,7H2,(H,17,18,21). The summed E-state index contributed by atoms with van der Waals surface area (Å²) in [6.45, 7) is 0. The van der Waals surface area contributed by atoms with Gasteiger partial charge in [0, 0.05) is 5.02 Å². The molecular weight excluding hydrogens is 416 g/mol. The maximum atomic E-state index is 12.0. The average Bonchev–Trinajstić information content (AvgIpc) is 3.20. The molecule has 5 nitrogen and oxygen atoms in total. The lowest BCUT2D eigenvalue weighted by atomic mass is 10.3. The largest absolute Gasteiger partial charge is 0.309 e. The molecule has 0 unspecified atom stereocenters. The zero-order chi connectivity index (χ0) is 17.4. The quantitative estimate of drug-likeness (QED) is 0.372. The molecule has 126 valence electrons. The van der Waals surface area contributed by atoms with Gasteiger partial charge < -0.3 is 4.98 Å². The number of rotatable bonds is 4. The molecule has 0 radical (unpaired) electrons. The Bertz CT molecular complexity index is 1160. The fourth-order valence-electron chi connectivity index (χ4n) is 2.18. The molecule has 0 amide bonds. The molecular formula is C15H9ClN4OS4. The van der Waals surface area contributed by atoms with E-state index in [1.165, 1.54) is 34.4 Å². The minimum Gasteiger partial charge on any atom is -0.309 e. The van der Waals surface area contributed by atoms with Gasteiger partial charge in [-0.15, -0.1) is 16.4 Å². The zero-order valence-electron chi connectivity index (χ0n) is 12.4. The van der Waals surface area contributed by atoms with Crippen molar-refractivity contribution in [3.63, 3.8) is 0 Å². The Morgan fingerprint density at radius 3 is 2.88 bits per heavy atom. The highest BCUT2D eigenvalue weighted by atomic mass is 35.5. The number of aromatic amines is 1. The molecule has 0 aliphatic heterocycles. The zero-order valence-corrected chi connectivity index (χ0v) is 16.5. The van der Waals surface area contributed by atoms with E-state index in [0.717, 1.165) is 15.5 Å². The van der Waals surface area contributed by atoms with Crippen molar-refractivity contribution in [3.8, 4) is 5.69 Å². The van der Waals surface area contributed by atoms with Crippen LogP contribution < -0.4 is 5.56 Å². The fraction of sp³-hybridized carbons (Fsp3) is 0.0667. The lowest BCUT2D eigenvalue weighted by molar-refractivity contribution is 0.829. The molecule has 0 aliphatic carbocycles. The third-order valence-corrected chi connectivity index (χ3v) is 6.83. The van der Waals surface area contributed by atoms with Gasteiger partial charge in [0.2, 0.25) is 0 Å². The van der Waals surface area contributed by atoms with E-state index in [0.29, 0.717) is 25.3 Å². The Morgan fingerprint density at radius 2 is 2.08 bits per heavy atom. The molecule has 0 saturated heterocycles. The van der Waals surface area contributed by atoms with E-state index in [2.05, 4.69) is 15.1 Å². The van der Waals surface area contributed by atoms with Gasteiger partial charge in [-0.05, 0) is 47.9 Å². The first-order chi connectivity index (χ1) is 12.1. The molecule has 25 heavy (non-hydrogen) atoms. The van der Waals surface area contributed by atoms with Gasteiger partial charge in [0.1, 0.15) is 10.5 Å². The minimum absolute atomic E-state index is 0.102. The van der Waals surface area contributed by atoms with Crippen molar-refractivity contribution in [2.75, 3.05) is 0 Å². The smallest absolute Gasteiger partial charge is 0.268 e. The lowest BCUT2D eigenvalue weighted by Crippen LogP contribution is -2.09. The minimum atomic E-state index is -0.102. The second kappa shape index (κ2) is 7.00. The maximum absolute atomic E-state index is 12.0. The van der Waals surface area contributed by atoms with E-state index in [1.807, 2.05) is 23.6 Å². The van der Waals surface area contributed by atoms with Crippen molar-refractivity contribution in [1.29, 1.82) is 0 Å². The van der Waals surface area contributed by atoms with Crippen molar-refractivity contribution in [3.05, 3.63) is 60.9 Å². The maximum Gasteiger partial charge on any atom is 0.268 e. The van der Waals surface area contributed by atoms with Crippen LogP contribution in [0.15, 0.2) is 44.8 Å². The molecule has 3 heterocycles. The summed E-state index contributed by atoms with van der Waals surface area (Å²) in [7, 11) is 0. The number of aromatic nitrogens is 4. The second-order valence-electron chi connectivity index (χ2n) is 4.96. The number of benzene rings is 1. The molecule has 4 aromatic rings. The topological polar surface area (TPSA) is 63.6 Å². The Kier molecular flexibility index (Phi) is 4.74. The molecule has 1 N–H and O–H groups in total. The van der Waals surface area contributed by atoms with Crippen LogP contribution in [-0.2, 0) is 5.75 Å². The molecule has 4 rings (SSSR count). The third-order valence-electron chi connectivity index (χ3n) is 3.30. The van der Waals surface area contributed by atoms with Crippen molar-refractivity contribution < 1.29 is 0 Å². The van der Waals surface area contributed by atoms with E-state index < -0.39 is 0 Å². The predicted molar refractivity (Wildman–Crippen MR) is 107 cm³/mol. The molecule has 0 aliphatic rings. The van der Waals surface area contributed by atoms with Gasteiger partial charge in [0.15, 0.2) is 8.29 Å². The summed E-state index contributed by atoms with van der Waals surface area (Å²) in [5, 5.41) is 7.06. The van der Waals surface area contributed by atoms with Crippen LogP contribution >= 0.6 is 58.3 Å². The number of nitrogens with one attached hydrogen (secondary N) is 1. The summed E-state index contributed by atoms with van der Waals surface area (Å²) in [6, 6.07) is 9.19. The van der Waals surface area contributed by atoms with E-state index in [1.54, 1.807) is 16.8 Å². The summed E-state index contributed by atoms with van der Waals surface area (Å²) < 4.78 is 3.82. The average molecular weight is 425 g/mol. The molecule has 10 heteroatoms. The molecule has 3 aromatic heterocycles. The van der Waals surface area contributed by atoms with Gasteiger partial charge in [-0.1, -0.05) is 34.7 Å². The first kappa shape index (κ1) is 16.9. The first-order valence-corrected chi connectivity index (χ1v) is 10.5. The van der Waals surface area contributed by atoms with Crippen molar-refractivity contribution in [2.24, 2.45) is 0 Å². The van der Waals surface area contributed by atoms with Crippen LogP contribution in [-0.4, -0.2) is 19.7 Å². The van der Waals surface area contributed by atoms with E-state index in [9.17, 15) is 4.79 Å². The second-order valence-corrected chi connectivity index (χ2v) is 9.16. The molecule has 0 spiro atoms. The van der Waals surface area contributed by atoms with Crippen molar-refractivity contribution in [1.82, 2.24) is 19.7 Å². The van der Waals surface area contributed by atoms with Gasteiger partial charge in [0.05, 0.1) is 17.0 Å². The van der Waals surface area contributed by atoms with Crippen LogP contribution in [0.25, 0.3) is 15.9 Å². The number of thioether (sulfide) groups is 1. The number of nitrogens with zero attached hydrogens (tertiary/aromatic N) is 3. The number of hydrogen-bond donors (Lipinski definition) is 1. The summed E-state index contributed by atoms with van der Waals surface area (Å²) in [5.74, 6) is 1.14. The van der Waals surface area contributed by atoms with Gasteiger partial charge in [-0.25, -0.2) is 9.67 Å². The highest BCUT2D eigenvalue weighted by Crippen LogP contribution is 2.27. The molecule has 1 aromatic carbocycles. The molecule has 0 atom stereocenters. The Hall–Kier alpha value is -1.52. The Labute approximate surface area is 164 Å². The van der Waals surface area contributed by atoms with Crippen LogP contribution in [0, 0.1) is 3.95 Å². The van der Waals surface area contributed by atoms with E-state index in [-0.39, 0.29) is 5.56 Å². The third kappa shape index (κ3) is 3.56. The number of hydrogen-bond acceptors (Lipinski definition) is 7. The number of fused-ring (bicyclic) bond motifs is 1. The molecule has 0 fully saturated rings. The SMILES string of the molecule is O=c1[nH]c(CSc2nn(-c3ccc(Cl)cc3)c(=S)s2)nc2ccsc12. The summed E-state index contributed by atoms with van der Waals surface area (Å²) >= 11 is 15.6. The predicted octanol–water partition coefficient (Wildman–Crippen LogP) is 4.91. The monoisotopic (exact) mass is 424 g/mol. The number of thiophene rings is 1. The molecule has 0 bridgehead atoms. The van der Waals surface area contributed by atoms with E-state index in [4.69, 9.17) is 23.8 Å². The van der Waals surface area contributed by atoms with Crippen LogP contribution in [0.1, 0.15) is 5.82 Å². The van der Waals surface area contributed by atoms with Gasteiger partial charge >= 0.3 is 0 Å². The highest BCUT2D eigenvalue weighted by Gasteiger charge is 2.09. The van der Waals surface area contributed by atoms with Crippen LogP contribution in [0.3, 0.4) is 0 Å².